The molecule has 0 bridgehead atoms. The zero-order chi connectivity index (χ0) is 14.6. The summed E-state index contributed by atoms with van der Waals surface area (Å²) in [4.78, 5) is 11.6. The van der Waals surface area contributed by atoms with Crippen LogP contribution in [0.25, 0.3) is 0 Å². The summed E-state index contributed by atoms with van der Waals surface area (Å²) in [6.45, 7) is 5.66. The Balaban J connectivity index is 1.95. The molecule has 0 spiro atoms. The third-order valence-corrected chi connectivity index (χ3v) is 3.26. The lowest BCUT2D eigenvalue weighted by Crippen LogP contribution is -2.30. The number of hydrogen-bond acceptors (Lipinski definition) is 2. The van der Waals surface area contributed by atoms with Gasteiger partial charge in [0.25, 0.3) is 0 Å². The van der Waals surface area contributed by atoms with E-state index >= 15 is 0 Å². The van der Waals surface area contributed by atoms with Crippen LogP contribution in [0, 0.1) is 5.92 Å². The lowest BCUT2D eigenvalue weighted by atomic mass is 10.0. The van der Waals surface area contributed by atoms with Gasteiger partial charge in [-0.2, -0.15) is 0 Å². The van der Waals surface area contributed by atoms with Crippen LogP contribution in [0.15, 0.2) is 30.3 Å². The van der Waals surface area contributed by atoms with Crippen LogP contribution in [0.4, 0.5) is 5.69 Å². The molecule has 0 fully saturated rings. The van der Waals surface area contributed by atoms with E-state index in [2.05, 4.69) is 24.5 Å². The van der Waals surface area contributed by atoms with Crippen molar-refractivity contribution in [3.05, 3.63) is 30.3 Å². The average Bonchev–Trinajstić information content (AvgIpc) is 2.45. The molecule has 0 saturated carbocycles. The van der Waals surface area contributed by atoms with Gasteiger partial charge in [0.2, 0.25) is 5.91 Å². The van der Waals surface area contributed by atoms with E-state index in [1.54, 1.807) is 0 Å². The normalized spacial score (nSPS) is 10.6. The largest absolute Gasteiger partial charge is 0.376 e. The van der Waals surface area contributed by atoms with E-state index in [1.807, 2.05) is 30.3 Å². The SMILES string of the molecule is CC(C)CCCCCCNC(=O)CNc1ccccc1. The highest BCUT2D eigenvalue weighted by molar-refractivity contribution is 5.80. The number of rotatable bonds is 10. The molecular weight excluding hydrogens is 248 g/mol. The van der Waals surface area contributed by atoms with Gasteiger partial charge in [0.15, 0.2) is 0 Å². The highest BCUT2D eigenvalue weighted by Crippen LogP contribution is 2.09. The van der Waals surface area contributed by atoms with E-state index < -0.39 is 0 Å². The number of para-hydroxylation sites is 1. The van der Waals surface area contributed by atoms with Gasteiger partial charge >= 0.3 is 0 Å². The number of amides is 1. The Labute approximate surface area is 123 Å². The van der Waals surface area contributed by atoms with Crippen LogP contribution in [0.5, 0.6) is 0 Å². The molecule has 3 nitrogen and oxygen atoms in total. The number of nitrogens with one attached hydrogen (secondary N) is 2. The Hall–Kier alpha value is -1.51. The van der Waals surface area contributed by atoms with E-state index in [9.17, 15) is 4.79 Å². The summed E-state index contributed by atoms with van der Waals surface area (Å²) in [7, 11) is 0. The van der Waals surface area contributed by atoms with Gasteiger partial charge in [-0.3, -0.25) is 4.79 Å². The third-order valence-electron chi connectivity index (χ3n) is 3.26. The van der Waals surface area contributed by atoms with Gasteiger partial charge in [-0.1, -0.05) is 57.7 Å². The summed E-state index contributed by atoms with van der Waals surface area (Å²) >= 11 is 0. The molecule has 0 unspecified atom stereocenters. The van der Waals surface area contributed by atoms with Gasteiger partial charge in [0.1, 0.15) is 0 Å². The van der Waals surface area contributed by atoms with Crippen molar-refractivity contribution in [2.45, 2.75) is 46.0 Å². The Bertz CT molecular complexity index is 363. The van der Waals surface area contributed by atoms with Crippen LogP contribution in [-0.4, -0.2) is 19.0 Å². The first-order chi connectivity index (χ1) is 9.68. The molecule has 1 aromatic rings. The van der Waals surface area contributed by atoms with E-state index in [0.29, 0.717) is 6.54 Å². The predicted molar refractivity (Wildman–Crippen MR) is 85.9 cm³/mol. The van der Waals surface area contributed by atoms with Crippen molar-refractivity contribution in [3.8, 4) is 0 Å². The lowest BCUT2D eigenvalue weighted by molar-refractivity contribution is -0.119. The fourth-order valence-electron chi connectivity index (χ4n) is 2.06. The van der Waals surface area contributed by atoms with Gasteiger partial charge in [-0.05, 0) is 24.5 Å². The standard InChI is InChI=1S/C17H28N2O/c1-15(2)10-6-3-4-9-13-18-17(20)14-19-16-11-7-5-8-12-16/h5,7-8,11-12,15,19H,3-4,6,9-10,13-14H2,1-2H3,(H,18,20). The van der Waals surface area contributed by atoms with Crippen LogP contribution in [0.3, 0.4) is 0 Å². The van der Waals surface area contributed by atoms with Crippen molar-refractivity contribution in [2.24, 2.45) is 5.92 Å². The lowest BCUT2D eigenvalue weighted by Gasteiger charge is -2.08. The van der Waals surface area contributed by atoms with Gasteiger partial charge in [-0.25, -0.2) is 0 Å². The van der Waals surface area contributed by atoms with Crippen molar-refractivity contribution < 1.29 is 4.79 Å². The Kier molecular flexibility index (Phi) is 8.52. The molecule has 0 heterocycles. The van der Waals surface area contributed by atoms with Gasteiger partial charge in [0.05, 0.1) is 6.54 Å². The molecule has 0 aliphatic carbocycles. The topological polar surface area (TPSA) is 41.1 Å². The Morgan fingerprint density at radius 1 is 1.05 bits per heavy atom. The summed E-state index contributed by atoms with van der Waals surface area (Å²) in [5, 5.41) is 6.06. The summed E-state index contributed by atoms with van der Waals surface area (Å²) in [6.07, 6.45) is 6.18. The first kappa shape index (κ1) is 16.5. The molecule has 0 atom stereocenters. The maximum atomic E-state index is 11.6. The minimum Gasteiger partial charge on any atom is -0.376 e. The van der Waals surface area contributed by atoms with E-state index in [-0.39, 0.29) is 5.91 Å². The van der Waals surface area contributed by atoms with Gasteiger partial charge < -0.3 is 10.6 Å². The second-order valence-electron chi connectivity index (χ2n) is 5.67. The van der Waals surface area contributed by atoms with Gasteiger partial charge in [0, 0.05) is 12.2 Å². The summed E-state index contributed by atoms with van der Waals surface area (Å²) in [5.74, 6) is 0.870. The zero-order valence-corrected chi connectivity index (χ0v) is 12.8. The van der Waals surface area contributed by atoms with Crippen LogP contribution in [-0.2, 0) is 4.79 Å². The van der Waals surface area contributed by atoms with E-state index in [4.69, 9.17) is 0 Å². The molecule has 0 aromatic heterocycles. The fraction of sp³-hybridized carbons (Fsp3) is 0.588. The van der Waals surface area contributed by atoms with Gasteiger partial charge in [-0.15, -0.1) is 0 Å². The highest BCUT2D eigenvalue weighted by atomic mass is 16.1. The second kappa shape index (κ2) is 10.3. The first-order valence-corrected chi connectivity index (χ1v) is 7.74. The van der Waals surface area contributed by atoms with Crippen molar-refractivity contribution in [1.29, 1.82) is 0 Å². The van der Waals surface area contributed by atoms with Crippen molar-refractivity contribution in [1.82, 2.24) is 5.32 Å². The van der Waals surface area contributed by atoms with E-state index in [1.165, 1.54) is 25.7 Å². The summed E-state index contributed by atoms with van der Waals surface area (Å²) < 4.78 is 0. The number of carbonyl (C=O) groups excluding carboxylic acids is 1. The van der Waals surface area contributed by atoms with Crippen LogP contribution in [0.1, 0.15) is 46.0 Å². The molecular formula is C17H28N2O. The summed E-state index contributed by atoms with van der Waals surface area (Å²) in [6, 6.07) is 9.79. The highest BCUT2D eigenvalue weighted by Gasteiger charge is 2.00. The maximum Gasteiger partial charge on any atom is 0.239 e. The molecule has 0 aliphatic rings. The number of carbonyl (C=O) groups is 1. The average molecular weight is 276 g/mol. The predicted octanol–water partition coefficient (Wildman–Crippen LogP) is 3.82. The molecule has 1 amide bonds. The third kappa shape index (κ3) is 8.57. The van der Waals surface area contributed by atoms with Crippen molar-refractivity contribution >= 4 is 11.6 Å². The second-order valence-corrected chi connectivity index (χ2v) is 5.67. The van der Waals surface area contributed by atoms with Crippen molar-refractivity contribution in [3.63, 3.8) is 0 Å². The van der Waals surface area contributed by atoms with Crippen molar-refractivity contribution in [2.75, 3.05) is 18.4 Å². The molecule has 1 aromatic carbocycles. The Morgan fingerprint density at radius 2 is 1.75 bits per heavy atom. The molecule has 112 valence electrons. The molecule has 0 aliphatic heterocycles. The molecule has 0 saturated heterocycles. The zero-order valence-electron chi connectivity index (χ0n) is 12.8. The molecule has 20 heavy (non-hydrogen) atoms. The maximum absolute atomic E-state index is 11.6. The van der Waals surface area contributed by atoms with Crippen LogP contribution in [0.2, 0.25) is 0 Å². The fourth-order valence-corrected chi connectivity index (χ4v) is 2.06. The van der Waals surface area contributed by atoms with Crippen LogP contribution >= 0.6 is 0 Å². The quantitative estimate of drug-likeness (QED) is 0.638. The minimum absolute atomic E-state index is 0.0658. The number of hydrogen-bond donors (Lipinski definition) is 2. The smallest absolute Gasteiger partial charge is 0.239 e. The molecule has 3 heteroatoms. The van der Waals surface area contributed by atoms with E-state index in [0.717, 1.165) is 24.6 Å². The number of benzene rings is 1. The first-order valence-electron chi connectivity index (χ1n) is 7.74. The number of anilines is 1. The monoisotopic (exact) mass is 276 g/mol. The molecule has 2 N–H and O–H groups in total. The number of unbranched alkanes of at least 4 members (excludes halogenated alkanes) is 3. The molecule has 1 rings (SSSR count). The summed E-state index contributed by atoms with van der Waals surface area (Å²) in [5.41, 5.74) is 0.983. The van der Waals surface area contributed by atoms with Crippen LogP contribution < -0.4 is 10.6 Å². The molecule has 0 radical (unpaired) electrons. The minimum atomic E-state index is 0.0658. The Morgan fingerprint density at radius 3 is 2.45 bits per heavy atom.